The summed E-state index contributed by atoms with van der Waals surface area (Å²) in [4.78, 5) is 4.30. The van der Waals surface area contributed by atoms with E-state index >= 15 is 0 Å². The molecule has 3 nitrogen and oxygen atoms in total. The Labute approximate surface area is 115 Å². The average molecular weight is 267 g/mol. The molecule has 1 aromatic rings. The van der Waals surface area contributed by atoms with E-state index in [9.17, 15) is 0 Å². The zero-order valence-electron chi connectivity index (χ0n) is 11.7. The van der Waals surface area contributed by atoms with Crippen molar-refractivity contribution in [2.45, 2.75) is 56.9 Å². The van der Waals surface area contributed by atoms with Crippen LogP contribution in [0.15, 0.2) is 12.5 Å². The molecule has 18 heavy (non-hydrogen) atoms. The molecule has 1 unspecified atom stereocenters. The van der Waals surface area contributed by atoms with E-state index in [0.29, 0.717) is 10.7 Å². The van der Waals surface area contributed by atoms with Crippen LogP contribution in [0.4, 0.5) is 0 Å². The number of nitrogens with zero attached hydrogens (tertiary/aromatic N) is 2. The molecule has 1 aliphatic carbocycles. The van der Waals surface area contributed by atoms with Crippen LogP contribution in [0, 0.1) is 5.92 Å². The third-order valence-corrected chi connectivity index (χ3v) is 5.41. The van der Waals surface area contributed by atoms with Crippen LogP contribution in [0.2, 0.25) is 0 Å². The highest BCUT2D eigenvalue weighted by atomic mass is 32.2. The predicted octanol–water partition coefficient (Wildman–Crippen LogP) is 3.21. The number of hydrogen-bond acceptors (Lipinski definition) is 3. The summed E-state index contributed by atoms with van der Waals surface area (Å²) in [6.07, 6.45) is 11.2. The fourth-order valence-corrected chi connectivity index (χ4v) is 3.67. The summed E-state index contributed by atoms with van der Waals surface area (Å²) >= 11 is 2.00. The second kappa shape index (κ2) is 5.66. The van der Waals surface area contributed by atoms with Gasteiger partial charge in [0.1, 0.15) is 0 Å². The van der Waals surface area contributed by atoms with Crippen LogP contribution < -0.4 is 5.73 Å². The molecular weight excluding hydrogens is 242 g/mol. The van der Waals surface area contributed by atoms with E-state index in [1.807, 2.05) is 24.3 Å². The molecule has 0 radical (unpaired) electrons. The largest absolute Gasteiger partial charge is 0.332 e. The number of hydrogen-bond donors (Lipinski definition) is 1. The van der Waals surface area contributed by atoms with Gasteiger partial charge < -0.3 is 10.3 Å². The topological polar surface area (TPSA) is 43.8 Å². The third kappa shape index (κ3) is 2.91. The van der Waals surface area contributed by atoms with Crippen LogP contribution in [0.1, 0.15) is 51.3 Å². The molecule has 0 amide bonds. The lowest BCUT2D eigenvalue weighted by molar-refractivity contribution is 0.315. The van der Waals surface area contributed by atoms with E-state index < -0.39 is 0 Å². The molecule has 2 N–H and O–H groups in total. The first-order valence-corrected chi connectivity index (χ1v) is 8.09. The minimum Gasteiger partial charge on any atom is -0.332 e. The van der Waals surface area contributed by atoms with E-state index in [1.54, 1.807) is 0 Å². The van der Waals surface area contributed by atoms with Crippen LogP contribution in [0.3, 0.4) is 0 Å². The van der Waals surface area contributed by atoms with Crippen LogP contribution in [0.25, 0.3) is 0 Å². The van der Waals surface area contributed by atoms with Crippen molar-refractivity contribution < 1.29 is 0 Å². The van der Waals surface area contributed by atoms with Crippen molar-refractivity contribution in [3.8, 4) is 0 Å². The minimum absolute atomic E-state index is 0.117. The lowest BCUT2D eigenvalue weighted by Gasteiger charge is -2.41. The highest BCUT2D eigenvalue weighted by Gasteiger charge is 2.37. The SMILES string of the molecule is CSC1(Cn2cncc2C(N)CC(C)C)CCC1. The van der Waals surface area contributed by atoms with Gasteiger partial charge >= 0.3 is 0 Å². The van der Waals surface area contributed by atoms with Crippen molar-refractivity contribution in [3.05, 3.63) is 18.2 Å². The minimum atomic E-state index is 0.117. The molecule has 0 bridgehead atoms. The summed E-state index contributed by atoms with van der Waals surface area (Å²) in [5.41, 5.74) is 7.49. The van der Waals surface area contributed by atoms with Gasteiger partial charge in [0, 0.05) is 23.5 Å². The van der Waals surface area contributed by atoms with Gasteiger partial charge in [-0.05, 0) is 31.4 Å². The first-order chi connectivity index (χ1) is 8.56. The zero-order chi connectivity index (χ0) is 13.2. The molecule has 0 aliphatic heterocycles. The second-order valence-corrected chi connectivity index (χ2v) is 7.20. The Bertz CT molecular complexity index is 377. The lowest BCUT2D eigenvalue weighted by atomic mass is 9.84. The number of thioether (sulfide) groups is 1. The van der Waals surface area contributed by atoms with Gasteiger partial charge in [0.05, 0.1) is 12.0 Å². The predicted molar refractivity (Wildman–Crippen MR) is 78.7 cm³/mol. The molecule has 1 aliphatic rings. The summed E-state index contributed by atoms with van der Waals surface area (Å²) in [5, 5.41) is 0. The zero-order valence-corrected chi connectivity index (χ0v) is 12.5. The van der Waals surface area contributed by atoms with E-state index in [1.165, 1.54) is 25.0 Å². The molecule has 1 aromatic heterocycles. The molecule has 102 valence electrons. The standard InChI is InChI=1S/C14H25N3S/c1-11(2)7-12(15)13-8-16-10-17(13)9-14(18-3)5-4-6-14/h8,10-12H,4-7,9,15H2,1-3H3. The number of aromatic nitrogens is 2. The van der Waals surface area contributed by atoms with Gasteiger partial charge in [0.25, 0.3) is 0 Å². The van der Waals surface area contributed by atoms with E-state index in [2.05, 4.69) is 29.7 Å². The van der Waals surface area contributed by atoms with Crippen molar-refractivity contribution in [2.24, 2.45) is 11.7 Å². The summed E-state index contributed by atoms with van der Waals surface area (Å²) in [5.74, 6) is 0.626. The van der Waals surface area contributed by atoms with Crippen LogP contribution in [-0.2, 0) is 6.54 Å². The molecule has 0 spiro atoms. The van der Waals surface area contributed by atoms with Gasteiger partial charge in [-0.3, -0.25) is 0 Å². The van der Waals surface area contributed by atoms with E-state index in [-0.39, 0.29) is 6.04 Å². The number of rotatable bonds is 6. The Balaban J connectivity index is 2.07. The highest BCUT2D eigenvalue weighted by Crippen LogP contribution is 2.44. The Kier molecular flexibility index (Phi) is 4.38. The van der Waals surface area contributed by atoms with Crippen molar-refractivity contribution in [1.82, 2.24) is 9.55 Å². The lowest BCUT2D eigenvalue weighted by Crippen LogP contribution is -2.38. The van der Waals surface area contributed by atoms with Crippen molar-refractivity contribution in [3.63, 3.8) is 0 Å². The maximum atomic E-state index is 6.29. The van der Waals surface area contributed by atoms with Gasteiger partial charge in [-0.2, -0.15) is 11.8 Å². The summed E-state index contributed by atoms with van der Waals surface area (Å²) in [7, 11) is 0. The van der Waals surface area contributed by atoms with Crippen LogP contribution in [0.5, 0.6) is 0 Å². The monoisotopic (exact) mass is 267 g/mol. The van der Waals surface area contributed by atoms with Gasteiger partial charge in [-0.15, -0.1) is 0 Å². The molecule has 0 aromatic carbocycles. The van der Waals surface area contributed by atoms with E-state index in [0.717, 1.165) is 13.0 Å². The summed E-state index contributed by atoms with van der Waals surface area (Å²) in [6, 6.07) is 0.117. The normalized spacial score (nSPS) is 19.8. The maximum absolute atomic E-state index is 6.29. The maximum Gasteiger partial charge on any atom is 0.0949 e. The molecule has 4 heteroatoms. The smallest absolute Gasteiger partial charge is 0.0949 e. The number of nitrogens with two attached hydrogens (primary N) is 1. The highest BCUT2D eigenvalue weighted by molar-refractivity contribution is 8.00. The average Bonchev–Trinajstić information content (AvgIpc) is 2.70. The van der Waals surface area contributed by atoms with Gasteiger partial charge in [-0.25, -0.2) is 4.98 Å². The molecule has 0 saturated heterocycles. The Morgan fingerprint density at radius 2 is 2.22 bits per heavy atom. The summed E-state index contributed by atoms with van der Waals surface area (Å²) in [6.45, 7) is 5.50. The van der Waals surface area contributed by atoms with E-state index in [4.69, 9.17) is 5.73 Å². The second-order valence-electron chi connectivity index (χ2n) is 5.92. The molecular formula is C14H25N3S. The number of imidazole rings is 1. The van der Waals surface area contributed by atoms with Crippen LogP contribution in [-0.4, -0.2) is 20.6 Å². The van der Waals surface area contributed by atoms with Crippen molar-refractivity contribution in [1.29, 1.82) is 0 Å². The Hall–Kier alpha value is -0.480. The van der Waals surface area contributed by atoms with Crippen LogP contribution >= 0.6 is 11.8 Å². The first kappa shape index (κ1) is 13.9. The molecule has 1 fully saturated rings. The van der Waals surface area contributed by atoms with Gasteiger partial charge in [-0.1, -0.05) is 20.3 Å². The molecule has 1 heterocycles. The molecule has 1 atom stereocenters. The van der Waals surface area contributed by atoms with Gasteiger partial charge in [0.2, 0.25) is 0 Å². The first-order valence-electron chi connectivity index (χ1n) is 6.87. The Morgan fingerprint density at radius 3 is 2.72 bits per heavy atom. The third-order valence-electron chi connectivity index (χ3n) is 4.01. The van der Waals surface area contributed by atoms with Gasteiger partial charge in [0.15, 0.2) is 0 Å². The summed E-state index contributed by atoms with van der Waals surface area (Å²) < 4.78 is 2.72. The quantitative estimate of drug-likeness (QED) is 0.860. The fraction of sp³-hybridized carbons (Fsp3) is 0.786. The molecule has 1 saturated carbocycles. The molecule has 2 rings (SSSR count). The van der Waals surface area contributed by atoms with Crippen molar-refractivity contribution in [2.75, 3.05) is 6.26 Å². The fourth-order valence-electron chi connectivity index (χ4n) is 2.71. The Morgan fingerprint density at radius 1 is 1.50 bits per heavy atom. The van der Waals surface area contributed by atoms with Crippen molar-refractivity contribution >= 4 is 11.8 Å².